The third kappa shape index (κ3) is 2.81. The number of hydrogen-bond acceptors (Lipinski definition) is 4. The van der Waals surface area contributed by atoms with Crippen LogP contribution in [-0.4, -0.2) is 42.4 Å². The highest BCUT2D eigenvalue weighted by Crippen LogP contribution is 2.40. The summed E-state index contributed by atoms with van der Waals surface area (Å²) in [5.41, 5.74) is 0.239. The summed E-state index contributed by atoms with van der Waals surface area (Å²) < 4.78 is 24.4. The van der Waals surface area contributed by atoms with Gasteiger partial charge in [0, 0.05) is 18.5 Å². The summed E-state index contributed by atoms with van der Waals surface area (Å²) in [6, 6.07) is 10.6. The van der Waals surface area contributed by atoms with Gasteiger partial charge >= 0.3 is 0 Å². The highest BCUT2D eigenvalue weighted by atomic mass is 19.1. The van der Waals surface area contributed by atoms with E-state index in [-0.39, 0.29) is 23.9 Å². The van der Waals surface area contributed by atoms with Gasteiger partial charge in [-0.05, 0) is 42.5 Å². The molecule has 2 heterocycles. The summed E-state index contributed by atoms with van der Waals surface area (Å²) in [5.74, 6) is 0.557. The Morgan fingerprint density at radius 1 is 1.23 bits per heavy atom. The van der Waals surface area contributed by atoms with Crippen LogP contribution in [0, 0.1) is 5.82 Å². The topological polar surface area (TPSA) is 55.8 Å². The van der Waals surface area contributed by atoms with Gasteiger partial charge in [-0.2, -0.15) is 0 Å². The summed E-state index contributed by atoms with van der Waals surface area (Å²) in [7, 11) is 1.55. The smallest absolute Gasteiger partial charge is 0.253 e. The molecule has 2 aromatic carbocycles. The predicted octanol–water partition coefficient (Wildman–Crippen LogP) is 3.08. The summed E-state index contributed by atoms with van der Waals surface area (Å²) >= 11 is 0. The summed E-state index contributed by atoms with van der Waals surface area (Å²) in [5, 5.41) is 0. The van der Waals surface area contributed by atoms with E-state index in [1.165, 1.54) is 24.3 Å². The van der Waals surface area contributed by atoms with Crippen LogP contribution in [-0.2, 0) is 0 Å². The minimum atomic E-state index is -0.700. The van der Waals surface area contributed by atoms with Gasteiger partial charge in [-0.1, -0.05) is 0 Å². The highest BCUT2D eigenvalue weighted by molar-refractivity contribution is 6.01. The number of hydrogen-bond donors (Lipinski definition) is 0. The lowest BCUT2D eigenvalue weighted by atomic mass is 9.89. The third-order valence-electron chi connectivity index (χ3n) is 4.99. The van der Waals surface area contributed by atoms with Crippen LogP contribution in [0.3, 0.4) is 0 Å². The van der Waals surface area contributed by atoms with Gasteiger partial charge < -0.3 is 14.4 Å². The molecule has 0 saturated carbocycles. The van der Waals surface area contributed by atoms with Crippen LogP contribution in [0.2, 0.25) is 0 Å². The van der Waals surface area contributed by atoms with Crippen molar-refractivity contribution >= 4 is 11.7 Å². The SMILES string of the molecule is COc1ccc2c(c1)C(=O)CC1(CCN(C(=O)c3ccc(F)cc3)C1)O2. The van der Waals surface area contributed by atoms with Crippen LogP contribution >= 0.6 is 0 Å². The van der Waals surface area contributed by atoms with Crippen molar-refractivity contribution in [3.05, 3.63) is 59.4 Å². The highest BCUT2D eigenvalue weighted by Gasteiger charge is 2.47. The molecule has 1 spiro atoms. The van der Waals surface area contributed by atoms with Crippen LogP contribution in [0.15, 0.2) is 42.5 Å². The number of halogens is 1. The van der Waals surface area contributed by atoms with Crippen molar-refractivity contribution in [3.63, 3.8) is 0 Å². The fourth-order valence-corrected chi connectivity index (χ4v) is 3.62. The molecule has 2 aliphatic rings. The number of rotatable bonds is 2. The quantitative estimate of drug-likeness (QED) is 0.831. The average Bonchev–Trinajstić information content (AvgIpc) is 3.04. The van der Waals surface area contributed by atoms with Crippen molar-refractivity contribution in [2.45, 2.75) is 18.4 Å². The molecule has 1 atom stereocenters. The summed E-state index contributed by atoms with van der Waals surface area (Å²) in [4.78, 5) is 26.9. The van der Waals surface area contributed by atoms with Crippen molar-refractivity contribution in [2.75, 3.05) is 20.2 Å². The number of fused-ring (bicyclic) bond motifs is 1. The van der Waals surface area contributed by atoms with Gasteiger partial charge in [0.15, 0.2) is 5.78 Å². The van der Waals surface area contributed by atoms with E-state index in [1.54, 1.807) is 30.2 Å². The first-order chi connectivity index (χ1) is 12.5. The molecule has 0 aromatic heterocycles. The number of nitrogens with zero attached hydrogens (tertiary/aromatic N) is 1. The van der Waals surface area contributed by atoms with E-state index in [4.69, 9.17) is 9.47 Å². The molecule has 26 heavy (non-hydrogen) atoms. The zero-order valence-corrected chi connectivity index (χ0v) is 14.3. The van der Waals surface area contributed by atoms with E-state index < -0.39 is 5.60 Å². The Hall–Kier alpha value is -2.89. The van der Waals surface area contributed by atoms with Gasteiger partial charge in [0.1, 0.15) is 22.9 Å². The molecule has 2 aliphatic heterocycles. The predicted molar refractivity (Wildman–Crippen MR) is 92.2 cm³/mol. The molecular weight excluding hydrogens is 337 g/mol. The monoisotopic (exact) mass is 355 g/mol. The van der Waals surface area contributed by atoms with E-state index in [9.17, 15) is 14.0 Å². The van der Waals surface area contributed by atoms with Crippen molar-refractivity contribution in [1.82, 2.24) is 4.90 Å². The molecule has 1 unspecified atom stereocenters. The lowest BCUT2D eigenvalue weighted by Crippen LogP contribution is -2.45. The van der Waals surface area contributed by atoms with Crippen LogP contribution < -0.4 is 9.47 Å². The number of carbonyl (C=O) groups excluding carboxylic acids is 2. The molecule has 0 N–H and O–H groups in total. The van der Waals surface area contributed by atoms with Crippen LogP contribution in [0.4, 0.5) is 4.39 Å². The first-order valence-electron chi connectivity index (χ1n) is 8.45. The molecule has 6 heteroatoms. The lowest BCUT2D eigenvalue weighted by molar-refractivity contribution is 0.0427. The van der Waals surface area contributed by atoms with Crippen LogP contribution in [0.5, 0.6) is 11.5 Å². The molecule has 0 bridgehead atoms. The van der Waals surface area contributed by atoms with Crippen molar-refractivity contribution in [2.24, 2.45) is 0 Å². The Morgan fingerprint density at radius 3 is 2.73 bits per heavy atom. The lowest BCUT2D eigenvalue weighted by Gasteiger charge is -2.34. The number of ketones is 1. The standard InChI is InChI=1S/C20H18FNO4/c1-25-15-6-7-18-16(10-15)17(23)11-20(26-18)8-9-22(12-20)19(24)13-2-4-14(21)5-3-13/h2-7,10H,8-9,11-12H2,1H3. The Balaban J connectivity index is 1.55. The molecule has 0 radical (unpaired) electrons. The van der Waals surface area contributed by atoms with Gasteiger partial charge in [0.05, 0.1) is 25.6 Å². The normalized spacial score (nSPS) is 21.5. The molecule has 5 nitrogen and oxygen atoms in total. The Labute approximate surface area is 150 Å². The van der Waals surface area contributed by atoms with Gasteiger partial charge in [-0.25, -0.2) is 4.39 Å². The average molecular weight is 355 g/mol. The minimum absolute atomic E-state index is 0.0127. The molecule has 134 valence electrons. The van der Waals surface area contributed by atoms with Crippen LogP contribution in [0.25, 0.3) is 0 Å². The second-order valence-corrected chi connectivity index (χ2v) is 6.73. The molecule has 1 saturated heterocycles. The zero-order valence-electron chi connectivity index (χ0n) is 14.3. The number of Topliss-reactive ketones (excluding diaryl/α,β-unsaturated/α-hetero) is 1. The van der Waals surface area contributed by atoms with Gasteiger partial charge in [-0.3, -0.25) is 9.59 Å². The van der Waals surface area contributed by atoms with E-state index in [0.717, 1.165) is 0 Å². The van der Waals surface area contributed by atoms with Gasteiger partial charge in [-0.15, -0.1) is 0 Å². The van der Waals surface area contributed by atoms with E-state index >= 15 is 0 Å². The fourth-order valence-electron chi connectivity index (χ4n) is 3.62. The van der Waals surface area contributed by atoms with E-state index in [1.807, 2.05) is 0 Å². The molecular formula is C20H18FNO4. The number of amides is 1. The summed E-state index contributed by atoms with van der Waals surface area (Å²) in [6.45, 7) is 0.829. The minimum Gasteiger partial charge on any atom is -0.497 e. The first-order valence-corrected chi connectivity index (χ1v) is 8.45. The van der Waals surface area contributed by atoms with Gasteiger partial charge in [0.25, 0.3) is 5.91 Å². The van der Waals surface area contributed by atoms with Gasteiger partial charge in [0.2, 0.25) is 0 Å². The second kappa shape index (κ2) is 6.12. The second-order valence-electron chi connectivity index (χ2n) is 6.73. The molecule has 1 amide bonds. The van der Waals surface area contributed by atoms with Crippen molar-refractivity contribution < 1.29 is 23.5 Å². The Kier molecular flexibility index (Phi) is 3.90. The summed E-state index contributed by atoms with van der Waals surface area (Å²) in [6.07, 6.45) is 0.803. The largest absolute Gasteiger partial charge is 0.497 e. The maximum atomic E-state index is 13.1. The number of likely N-dealkylation sites (tertiary alicyclic amines) is 1. The fraction of sp³-hybridized carbons (Fsp3) is 0.300. The molecule has 2 aromatic rings. The van der Waals surface area contributed by atoms with Crippen LogP contribution in [0.1, 0.15) is 33.6 Å². The number of carbonyl (C=O) groups is 2. The maximum absolute atomic E-state index is 13.1. The number of ether oxygens (including phenoxy) is 2. The zero-order chi connectivity index (χ0) is 18.3. The Bertz CT molecular complexity index is 880. The molecule has 4 rings (SSSR count). The maximum Gasteiger partial charge on any atom is 0.253 e. The van der Waals surface area contributed by atoms with Crippen molar-refractivity contribution in [3.8, 4) is 11.5 Å². The Morgan fingerprint density at radius 2 is 2.00 bits per heavy atom. The molecule has 0 aliphatic carbocycles. The number of methoxy groups -OCH3 is 1. The third-order valence-corrected chi connectivity index (χ3v) is 4.99. The van der Waals surface area contributed by atoms with E-state index in [0.29, 0.717) is 42.1 Å². The first kappa shape index (κ1) is 16.6. The van der Waals surface area contributed by atoms with Crippen molar-refractivity contribution in [1.29, 1.82) is 0 Å². The van der Waals surface area contributed by atoms with E-state index in [2.05, 4.69) is 0 Å². The number of benzene rings is 2. The molecule has 1 fully saturated rings.